The summed E-state index contributed by atoms with van der Waals surface area (Å²) in [6, 6.07) is 6.42. The molecule has 1 aromatic carbocycles. The van der Waals surface area contributed by atoms with E-state index in [4.69, 9.17) is 10.00 Å². The molecule has 14 heavy (non-hydrogen) atoms. The van der Waals surface area contributed by atoms with Crippen molar-refractivity contribution in [1.29, 1.82) is 5.26 Å². The molecule has 3 nitrogen and oxygen atoms in total. The van der Waals surface area contributed by atoms with Crippen LogP contribution in [0.4, 0.5) is 0 Å². The van der Waals surface area contributed by atoms with Crippen LogP contribution in [0.3, 0.4) is 0 Å². The highest BCUT2D eigenvalue weighted by molar-refractivity contribution is 5.46. The van der Waals surface area contributed by atoms with E-state index in [-0.39, 0.29) is 11.3 Å². The molecular formula is C11H11NO2. The normalized spacial score (nSPS) is 9.14. The van der Waals surface area contributed by atoms with Gasteiger partial charge in [-0.05, 0) is 24.6 Å². The van der Waals surface area contributed by atoms with Gasteiger partial charge in [0, 0.05) is 6.07 Å². The summed E-state index contributed by atoms with van der Waals surface area (Å²) in [7, 11) is 0. The highest BCUT2D eigenvalue weighted by Crippen LogP contribution is 2.22. The number of nitriles is 1. The van der Waals surface area contributed by atoms with E-state index in [0.29, 0.717) is 12.4 Å². The fourth-order valence-corrected chi connectivity index (χ4v) is 0.901. The highest BCUT2D eigenvalue weighted by Gasteiger charge is 2.02. The lowest BCUT2D eigenvalue weighted by Crippen LogP contribution is -1.97. The Morgan fingerprint density at radius 2 is 2.36 bits per heavy atom. The van der Waals surface area contributed by atoms with Crippen LogP contribution in [0, 0.1) is 11.3 Å². The summed E-state index contributed by atoms with van der Waals surface area (Å²) >= 11 is 0. The number of hydrogen-bond donors (Lipinski definition) is 1. The lowest BCUT2D eigenvalue weighted by atomic mass is 10.2. The van der Waals surface area contributed by atoms with Crippen LogP contribution in [-0.4, -0.2) is 11.7 Å². The fourth-order valence-electron chi connectivity index (χ4n) is 0.901. The monoisotopic (exact) mass is 189 g/mol. The molecule has 0 aliphatic rings. The van der Waals surface area contributed by atoms with Gasteiger partial charge < -0.3 is 9.84 Å². The summed E-state index contributed by atoms with van der Waals surface area (Å²) in [4.78, 5) is 0. The first-order valence-corrected chi connectivity index (χ1v) is 4.14. The molecule has 0 unspecified atom stereocenters. The Bertz CT molecular complexity index is 391. The molecule has 0 saturated carbocycles. The van der Waals surface area contributed by atoms with Gasteiger partial charge in [0.2, 0.25) is 0 Å². The van der Waals surface area contributed by atoms with Gasteiger partial charge in [-0.3, -0.25) is 0 Å². The van der Waals surface area contributed by atoms with Gasteiger partial charge in [-0.15, -0.1) is 0 Å². The molecule has 0 atom stereocenters. The number of aromatic hydroxyl groups is 1. The maximum atomic E-state index is 9.22. The number of benzene rings is 1. The number of ether oxygens (including phenoxy) is 1. The molecule has 1 rings (SSSR count). The van der Waals surface area contributed by atoms with Gasteiger partial charge >= 0.3 is 0 Å². The van der Waals surface area contributed by atoms with E-state index in [1.165, 1.54) is 12.1 Å². The molecule has 0 bridgehead atoms. The summed E-state index contributed by atoms with van der Waals surface area (Å²) in [5, 5.41) is 17.9. The van der Waals surface area contributed by atoms with Gasteiger partial charge in [0.05, 0.1) is 5.56 Å². The zero-order valence-corrected chi connectivity index (χ0v) is 7.95. The summed E-state index contributed by atoms with van der Waals surface area (Å²) < 4.78 is 5.30. The van der Waals surface area contributed by atoms with E-state index in [1.54, 1.807) is 6.07 Å². The van der Waals surface area contributed by atoms with Crippen molar-refractivity contribution in [2.45, 2.75) is 6.92 Å². The van der Waals surface area contributed by atoms with Crippen molar-refractivity contribution in [2.24, 2.45) is 0 Å². The Balaban J connectivity index is 2.80. The minimum atomic E-state index is -0.0322. The Hall–Kier alpha value is -1.95. The molecular weight excluding hydrogens is 178 g/mol. The van der Waals surface area contributed by atoms with E-state index < -0.39 is 0 Å². The van der Waals surface area contributed by atoms with Crippen molar-refractivity contribution in [3.63, 3.8) is 0 Å². The molecule has 0 fully saturated rings. The summed E-state index contributed by atoms with van der Waals surface area (Å²) in [6.45, 7) is 5.96. The summed E-state index contributed by atoms with van der Waals surface area (Å²) in [5.41, 5.74) is 1.11. The molecule has 0 heterocycles. The van der Waals surface area contributed by atoms with E-state index in [9.17, 15) is 5.11 Å². The number of hydrogen-bond acceptors (Lipinski definition) is 3. The SMILES string of the molecule is C=C(C)COc1ccc(O)c(C#N)c1. The Labute approximate surface area is 82.9 Å². The molecule has 1 aromatic rings. The molecule has 72 valence electrons. The number of phenolic OH excluding ortho intramolecular Hbond substituents is 1. The van der Waals surface area contributed by atoms with Crippen molar-refractivity contribution < 1.29 is 9.84 Å². The average Bonchev–Trinajstić information content (AvgIpc) is 2.16. The number of nitrogens with zero attached hydrogens (tertiary/aromatic N) is 1. The van der Waals surface area contributed by atoms with Crippen LogP contribution in [-0.2, 0) is 0 Å². The van der Waals surface area contributed by atoms with Crippen LogP contribution < -0.4 is 4.74 Å². The summed E-state index contributed by atoms with van der Waals surface area (Å²) in [5.74, 6) is 0.525. The van der Waals surface area contributed by atoms with Gasteiger partial charge in [-0.1, -0.05) is 6.58 Å². The first-order valence-electron chi connectivity index (χ1n) is 4.14. The third-order valence-corrected chi connectivity index (χ3v) is 1.57. The minimum absolute atomic E-state index is 0.0322. The van der Waals surface area contributed by atoms with Crippen LogP contribution in [0.15, 0.2) is 30.4 Å². The lowest BCUT2D eigenvalue weighted by molar-refractivity contribution is 0.351. The van der Waals surface area contributed by atoms with E-state index in [0.717, 1.165) is 5.57 Å². The maximum absolute atomic E-state index is 9.22. The van der Waals surface area contributed by atoms with Crippen LogP contribution in [0.1, 0.15) is 12.5 Å². The van der Waals surface area contributed by atoms with Crippen molar-refractivity contribution in [1.82, 2.24) is 0 Å². The molecule has 0 saturated heterocycles. The smallest absolute Gasteiger partial charge is 0.133 e. The van der Waals surface area contributed by atoms with Gasteiger partial charge in [0.15, 0.2) is 0 Å². The van der Waals surface area contributed by atoms with Gasteiger partial charge in [0.25, 0.3) is 0 Å². The maximum Gasteiger partial charge on any atom is 0.133 e. The van der Waals surface area contributed by atoms with Crippen molar-refractivity contribution in [3.05, 3.63) is 35.9 Å². The third-order valence-electron chi connectivity index (χ3n) is 1.57. The second-order valence-corrected chi connectivity index (χ2v) is 3.04. The quantitative estimate of drug-likeness (QED) is 0.742. The van der Waals surface area contributed by atoms with Crippen LogP contribution >= 0.6 is 0 Å². The van der Waals surface area contributed by atoms with Crippen molar-refractivity contribution in [2.75, 3.05) is 6.61 Å². The first-order chi connectivity index (χ1) is 6.63. The molecule has 3 heteroatoms. The molecule has 0 spiro atoms. The second-order valence-electron chi connectivity index (χ2n) is 3.04. The van der Waals surface area contributed by atoms with E-state index >= 15 is 0 Å². The first kappa shape index (κ1) is 10.1. The Morgan fingerprint density at radius 1 is 1.64 bits per heavy atom. The molecule has 0 aromatic heterocycles. The van der Waals surface area contributed by atoms with Gasteiger partial charge in [0.1, 0.15) is 24.2 Å². The number of phenols is 1. The van der Waals surface area contributed by atoms with E-state index in [1.807, 2.05) is 13.0 Å². The van der Waals surface area contributed by atoms with Gasteiger partial charge in [-0.2, -0.15) is 5.26 Å². The van der Waals surface area contributed by atoms with Crippen LogP contribution in [0.5, 0.6) is 11.5 Å². The topological polar surface area (TPSA) is 53.2 Å². The highest BCUT2D eigenvalue weighted by atomic mass is 16.5. The average molecular weight is 189 g/mol. The molecule has 0 aliphatic heterocycles. The predicted octanol–water partition coefficient (Wildman–Crippen LogP) is 2.22. The minimum Gasteiger partial charge on any atom is -0.507 e. The fraction of sp³-hybridized carbons (Fsp3) is 0.182. The second kappa shape index (κ2) is 4.33. The largest absolute Gasteiger partial charge is 0.507 e. The van der Waals surface area contributed by atoms with Crippen LogP contribution in [0.2, 0.25) is 0 Å². The van der Waals surface area contributed by atoms with Crippen molar-refractivity contribution >= 4 is 0 Å². The standard InChI is InChI=1S/C11H11NO2/c1-8(2)7-14-10-3-4-11(13)9(5-10)6-12/h3-5,13H,1,7H2,2H3. The molecule has 0 aliphatic carbocycles. The van der Waals surface area contributed by atoms with E-state index in [2.05, 4.69) is 6.58 Å². The van der Waals surface area contributed by atoms with Crippen LogP contribution in [0.25, 0.3) is 0 Å². The Morgan fingerprint density at radius 3 is 2.93 bits per heavy atom. The molecule has 0 amide bonds. The summed E-state index contributed by atoms with van der Waals surface area (Å²) in [6.07, 6.45) is 0. The molecule has 1 N–H and O–H groups in total. The van der Waals surface area contributed by atoms with Crippen molar-refractivity contribution in [3.8, 4) is 17.6 Å². The van der Waals surface area contributed by atoms with Gasteiger partial charge in [-0.25, -0.2) is 0 Å². The zero-order chi connectivity index (χ0) is 10.6. The molecule has 0 radical (unpaired) electrons. The third kappa shape index (κ3) is 2.53. The predicted molar refractivity (Wildman–Crippen MR) is 53.1 cm³/mol. The number of rotatable bonds is 3. The lowest BCUT2D eigenvalue weighted by Gasteiger charge is -2.06. The zero-order valence-electron chi connectivity index (χ0n) is 7.95. The Kier molecular flexibility index (Phi) is 3.14.